The Morgan fingerprint density at radius 3 is 2.56 bits per heavy atom. The number of Topliss-reactive ketones (excluding diaryl/α,β-unsaturated/α-hetero) is 2. The van der Waals surface area contributed by atoms with Gasteiger partial charge in [-0.3, -0.25) is 14.4 Å². The Balaban J connectivity index is 1.98. The topological polar surface area (TPSA) is 89.9 Å². The van der Waals surface area contributed by atoms with Gasteiger partial charge in [0.05, 0.1) is 13.5 Å². The highest BCUT2D eigenvalue weighted by Crippen LogP contribution is 2.66. The van der Waals surface area contributed by atoms with Gasteiger partial charge in [-0.1, -0.05) is 20.8 Å². The molecular formula is C21H26O6. The van der Waals surface area contributed by atoms with Gasteiger partial charge in [-0.05, 0) is 36.8 Å². The predicted molar refractivity (Wildman–Crippen MR) is 95.4 cm³/mol. The number of ether oxygens (including phenoxy) is 2. The summed E-state index contributed by atoms with van der Waals surface area (Å²) in [5, 5.41) is 10.6. The van der Waals surface area contributed by atoms with Crippen molar-refractivity contribution in [2.45, 2.75) is 46.6 Å². The molecule has 0 amide bonds. The molecule has 0 bridgehead atoms. The maximum absolute atomic E-state index is 13.4. The molecule has 2 fully saturated rings. The van der Waals surface area contributed by atoms with Crippen LogP contribution in [0, 0.1) is 34.5 Å². The summed E-state index contributed by atoms with van der Waals surface area (Å²) >= 11 is 0. The summed E-state index contributed by atoms with van der Waals surface area (Å²) in [5.74, 6) is -2.23. The summed E-state index contributed by atoms with van der Waals surface area (Å²) in [6.45, 7) is 7.47. The summed E-state index contributed by atoms with van der Waals surface area (Å²) in [6, 6.07) is 0. The van der Waals surface area contributed by atoms with Gasteiger partial charge in [0, 0.05) is 22.7 Å². The van der Waals surface area contributed by atoms with Crippen LogP contribution in [0.1, 0.15) is 40.5 Å². The highest BCUT2D eigenvalue weighted by Gasteiger charge is 2.71. The standard InChI is InChI=1S/C21H26O6/c1-9-6-13(26-5)19(25)21(4)11(9)7-14-20(3)12(8-15(22)27-14)10(2)16(23)17(24)18(20)21/h6,9,11-12,14,18,23H,7-8H2,1-5H3/t9-,11+,12-,14+,18+,20+,21-/m0/s1. The lowest BCUT2D eigenvalue weighted by Gasteiger charge is -2.63. The van der Waals surface area contributed by atoms with E-state index in [4.69, 9.17) is 9.47 Å². The van der Waals surface area contributed by atoms with E-state index >= 15 is 0 Å². The number of rotatable bonds is 1. The lowest BCUT2D eigenvalue weighted by Crippen LogP contribution is -2.69. The first-order valence-corrected chi connectivity index (χ1v) is 9.52. The van der Waals surface area contributed by atoms with Gasteiger partial charge in [0.25, 0.3) is 0 Å². The van der Waals surface area contributed by atoms with Crippen molar-refractivity contribution in [1.82, 2.24) is 0 Å². The van der Waals surface area contributed by atoms with Crippen LogP contribution in [-0.2, 0) is 23.9 Å². The van der Waals surface area contributed by atoms with Crippen LogP contribution in [0.2, 0.25) is 0 Å². The third-order valence-electron chi connectivity index (χ3n) is 7.92. The average molecular weight is 374 g/mol. The second-order valence-corrected chi connectivity index (χ2v) is 8.98. The number of allylic oxidation sites excluding steroid dienone is 4. The van der Waals surface area contributed by atoms with Crippen LogP contribution in [-0.4, -0.2) is 35.9 Å². The average Bonchev–Trinajstić information content (AvgIpc) is 2.61. The smallest absolute Gasteiger partial charge is 0.306 e. The molecule has 6 heteroatoms. The normalized spacial score (nSPS) is 46.3. The third kappa shape index (κ3) is 1.99. The van der Waals surface area contributed by atoms with Crippen LogP contribution in [0.25, 0.3) is 0 Å². The summed E-state index contributed by atoms with van der Waals surface area (Å²) in [6.07, 6.45) is 1.98. The molecule has 1 N–H and O–H groups in total. The zero-order chi connectivity index (χ0) is 19.9. The molecule has 1 heterocycles. The van der Waals surface area contributed by atoms with E-state index in [2.05, 4.69) is 0 Å². The van der Waals surface area contributed by atoms with Crippen LogP contribution in [0.4, 0.5) is 0 Å². The molecule has 0 aromatic heterocycles. The number of ketones is 2. The highest BCUT2D eigenvalue weighted by atomic mass is 16.5. The summed E-state index contributed by atoms with van der Waals surface area (Å²) in [7, 11) is 1.46. The number of fused-ring (bicyclic) bond motifs is 2. The number of aliphatic hydroxyl groups is 1. The quantitative estimate of drug-likeness (QED) is 0.710. The molecule has 3 aliphatic carbocycles. The first kappa shape index (κ1) is 18.3. The van der Waals surface area contributed by atoms with Crippen molar-refractivity contribution in [3.8, 4) is 0 Å². The van der Waals surface area contributed by atoms with Gasteiger partial charge in [0.2, 0.25) is 11.6 Å². The van der Waals surface area contributed by atoms with E-state index in [1.165, 1.54) is 7.11 Å². The number of hydrogen-bond acceptors (Lipinski definition) is 6. The van der Waals surface area contributed by atoms with Gasteiger partial charge in [-0.15, -0.1) is 0 Å². The Kier molecular flexibility index (Phi) is 3.69. The van der Waals surface area contributed by atoms with E-state index in [9.17, 15) is 19.5 Å². The maximum atomic E-state index is 13.4. The van der Waals surface area contributed by atoms with Crippen molar-refractivity contribution >= 4 is 17.5 Å². The summed E-state index contributed by atoms with van der Waals surface area (Å²) < 4.78 is 11.1. The zero-order valence-electron chi connectivity index (χ0n) is 16.4. The summed E-state index contributed by atoms with van der Waals surface area (Å²) in [5.41, 5.74) is -1.21. The molecule has 4 rings (SSSR count). The van der Waals surface area contributed by atoms with Crippen LogP contribution in [0.5, 0.6) is 0 Å². The van der Waals surface area contributed by atoms with Gasteiger partial charge in [-0.2, -0.15) is 0 Å². The molecule has 27 heavy (non-hydrogen) atoms. The molecule has 0 spiro atoms. The van der Waals surface area contributed by atoms with Crippen LogP contribution < -0.4 is 0 Å². The molecule has 146 valence electrons. The molecule has 1 aliphatic heterocycles. The van der Waals surface area contributed by atoms with E-state index in [-0.39, 0.29) is 47.4 Å². The minimum absolute atomic E-state index is 0.0202. The van der Waals surface area contributed by atoms with Crippen molar-refractivity contribution in [1.29, 1.82) is 0 Å². The van der Waals surface area contributed by atoms with Crippen LogP contribution >= 0.6 is 0 Å². The first-order valence-electron chi connectivity index (χ1n) is 9.52. The molecule has 1 saturated carbocycles. The number of methoxy groups -OCH3 is 1. The molecule has 1 saturated heterocycles. The molecule has 4 aliphatic rings. The van der Waals surface area contributed by atoms with Crippen molar-refractivity contribution in [2.24, 2.45) is 34.5 Å². The minimum Gasteiger partial charge on any atom is -0.504 e. The molecule has 0 aromatic carbocycles. The third-order valence-corrected chi connectivity index (χ3v) is 7.92. The van der Waals surface area contributed by atoms with Crippen molar-refractivity contribution in [3.05, 3.63) is 23.2 Å². The zero-order valence-corrected chi connectivity index (χ0v) is 16.4. The number of carbonyl (C=O) groups is 3. The van der Waals surface area contributed by atoms with Gasteiger partial charge in [0.15, 0.2) is 11.5 Å². The Hall–Kier alpha value is -2.11. The van der Waals surface area contributed by atoms with Gasteiger partial charge in [-0.25, -0.2) is 0 Å². The molecular weight excluding hydrogens is 348 g/mol. The van der Waals surface area contributed by atoms with E-state index in [1.807, 2.05) is 20.8 Å². The fourth-order valence-corrected chi connectivity index (χ4v) is 6.56. The number of carbonyl (C=O) groups excluding carboxylic acids is 3. The van der Waals surface area contributed by atoms with Crippen LogP contribution in [0.3, 0.4) is 0 Å². The van der Waals surface area contributed by atoms with E-state index < -0.39 is 28.6 Å². The van der Waals surface area contributed by atoms with Gasteiger partial charge >= 0.3 is 5.97 Å². The number of esters is 1. The lowest BCUT2D eigenvalue weighted by molar-refractivity contribution is -0.216. The number of hydrogen-bond donors (Lipinski definition) is 1. The van der Waals surface area contributed by atoms with Crippen molar-refractivity contribution in [3.63, 3.8) is 0 Å². The Bertz CT molecular complexity index is 823. The second kappa shape index (κ2) is 5.46. The van der Waals surface area contributed by atoms with Crippen molar-refractivity contribution in [2.75, 3.05) is 7.11 Å². The number of aliphatic hydroxyl groups excluding tert-OH is 1. The van der Waals surface area contributed by atoms with Crippen molar-refractivity contribution < 1.29 is 29.0 Å². The molecule has 0 radical (unpaired) electrons. The Morgan fingerprint density at radius 1 is 1.26 bits per heavy atom. The fourth-order valence-electron chi connectivity index (χ4n) is 6.56. The Labute approximate surface area is 158 Å². The maximum Gasteiger partial charge on any atom is 0.306 e. The van der Waals surface area contributed by atoms with E-state index in [0.717, 1.165) is 0 Å². The largest absolute Gasteiger partial charge is 0.504 e. The second-order valence-electron chi connectivity index (χ2n) is 8.98. The SMILES string of the molecule is COC1=C[C@H](C)[C@H]2C[C@H]3OC(=O)C[C@H]4C(C)=C(O)C(=O)[C@@H]([C@@]2(C)C1=O)[C@@]34C. The minimum atomic E-state index is -1.02. The molecule has 7 atom stereocenters. The highest BCUT2D eigenvalue weighted by molar-refractivity contribution is 6.07. The predicted octanol–water partition coefficient (Wildman–Crippen LogP) is 2.73. The first-order chi connectivity index (χ1) is 12.6. The molecule has 0 unspecified atom stereocenters. The monoisotopic (exact) mass is 374 g/mol. The van der Waals surface area contributed by atoms with Gasteiger partial charge < -0.3 is 14.6 Å². The Morgan fingerprint density at radius 2 is 1.93 bits per heavy atom. The summed E-state index contributed by atoms with van der Waals surface area (Å²) in [4.78, 5) is 39.0. The molecule has 6 nitrogen and oxygen atoms in total. The van der Waals surface area contributed by atoms with E-state index in [0.29, 0.717) is 12.0 Å². The van der Waals surface area contributed by atoms with Crippen LogP contribution in [0.15, 0.2) is 23.2 Å². The van der Waals surface area contributed by atoms with E-state index in [1.54, 1.807) is 13.0 Å². The fraction of sp³-hybridized carbons (Fsp3) is 0.667. The van der Waals surface area contributed by atoms with Gasteiger partial charge in [0.1, 0.15) is 6.10 Å². The lowest BCUT2D eigenvalue weighted by atomic mass is 9.40. The molecule has 0 aromatic rings.